The smallest absolute Gasteiger partial charge is 0.312 e. The lowest BCUT2D eigenvalue weighted by atomic mass is 9.95. The minimum absolute atomic E-state index is 0.0281. The Balaban J connectivity index is 3.46. The van der Waals surface area contributed by atoms with Crippen molar-refractivity contribution in [2.75, 3.05) is 46.3 Å². The maximum absolute atomic E-state index is 14.3. The minimum Gasteiger partial charge on any atom is -0.391 e. The number of primary amides is 1. The maximum atomic E-state index is 14.3. The van der Waals surface area contributed by atoms with Crippen LogP contribution in [-0.2, 0) is 47.9 Å². The van der Waals surface area contributed by atoms with Gasteiger partial charge in [-0.05, 0) is 70.1 Å². The van der Waals surface area contributed by atoms with Crippen LogP contribution in [0, 0.1) is 17.8 Å². The van der Waals surface area contributed by atoms with Gasteiger partial charge in [0.2, 0.25) is 59.1 Å². The van der Waals surface area contributed by atoms with Gasteiger partial charge in [0.1, 0.15) is 42.3 Å². The molecule has 0 spiro atoms. The Kier molecular flexibility index (Phi) is 29.2. The molecular formula is C47H85N15O12. The van der Waals surface area contributed by atoms with E-state index in [4.69, 9.17) is 17.2 Å². The summed E-state index contributed by atoms with van der Waals surface area (Å²) in [6.07, 6.45) is 0.350. The standard InChI is InChI=1S/C47H85N15O12/c1-11-26(6)36(42(70)56-31(18-15-20-52-46(48)49)45(73)62-22-16-19-32(62)40(68)51-13-3)58-39(67)30(17-14-21-53-47(50)74)55-44(72)38(28(8)63)60-43(71)37(27(7)12-2)59-41(69)35(25(4)5)57-33(65)23-54-34(66)24-61(10)29(9)64/h25-28,30-32,35-38,63H,11-24H2,1-10H3,(H,51,68)(H,54,66)(H,55,72)(H,56,70)(H,57,65)(H,58,67)(H,59,69)(H,60,71)(H4,48,49,52)(H3,50,53,74)/t26-,27-,28+,30-,31-,32-,35-,36-,37+,38-/m0/s1. The van der Waals surface area contributed by atoms with E-state index in [0.717, 1.165) is 4.90 Å². The highest BCUT2D eigenvalue weighted by Crippen LogP contribution is 2.21. The van der Waals surface area contributed by atoms with E-state index < -0.39 is 126 Å². The van der Waals surface area contributed by atoms with Crippen LogP contribution in [0.25, 0.3) is 0 Å². The van der Waals surface area contributed by atoms with E-state index in [2.05, 4.69) is 52.8 Å². The molecule has 1 saturated heterocycles. The molecule has 27 nitrogen and oxygen atoms in total. The fourth-order valence-electron chi connectivity index (χ4n) is 7.74. The number of guanidine groups is 1. The Hall–Kier alpha value is -6.80. The van der Waals surface area contributed by atoms with Crippen LogP contribution in [0.3, 0.4) is 0 Å². The highest BCUT2D eigenvalue weighted by molar-refractivity contribution is 5.98. The number of likely N-dealkylation sites (tertiary alicyclic amines) is 1. The summed E-state index contributed by atoms with van der Waals surface area (Å²) in [5.41, 5.74) is 16.2. The molecule has 1 aliphatic rings. The molecule has 0 aliphatic carbocycles. The van der Waals surface area contributed by atoms with Crippen molar-refractivity contribution in [2.24, 2.45) is 39.9 Å². The molecule has 0 unspecified atom stereocenters. The Labute approximate surface area is 433 Å². The molecule has 16 N–H and O–H groups in total. The van der Waals surface area contributed by atoms with Gasteiger partial charge in [-0.3, -0.25) is 52.9 Å². The van der Waals surface area contributed by atoms with E-state index in [9.17, 15) is 57.8 Å². The molecule has 27 heteroatoms. The van der Waals surface area contributed by atoms with Crippen molar-refractivity contribution in [1.29, 1.82) is 0 Å². The van der Waals surface area contributed by atoms with E-state index in [1.54, 1.807) is 48.5 Å². The molecule has 74 heavy (non-hydrogen) atoms. The first-order valence-electron chi connectivity index (χ1n) is 25.3. The average molecular weight is 1050 g/mol. The van der Waals surface area contributed by atoms with Gasteiger partial charge in [-0.1, -0.05) is 54.4 Å². The van der Waals surface area contributed by atoms with Gasteiger partial charge < -0.3 is 80.0 Å². The van der Waals surface area contributed by atoms with Gasteiger partial charge in [-0.2, -0.15) is 0 Å². The van der Waals surface area contributed by atoms with Crippen molar-refractivity contribution in [2.45, 2.75) is 162 Å². The van der Waals surface area contributed by atoms with Crippen LogP contribution in [0.5, 0.6) is 0 Å². The molecule has 12 amide bonds. The molecule has 0 aromatic carbocycles. The first-order chi connectivity index (χ1) is 34.7. The van der Waals surface area contributed by atoms with Gasteiger partial charge >= 0.3 is 6.03 Å². The highest BCUT2D eigenvalue weighted by Gasteiger charge is 2.40. The molecule has 10 atom stereocenters. The number of nitrogens with zero attached hydrogens (tertiary/aromatic N) is 3. The van der Waals surface area contributed by atoms with E-state index in [0.29, 0.717) is 32.2 Å². The molecule has 1 fully saturated rings. The fraction of sp³-hybridized carbons (Fsp3) is 0.745. The molecule has 1 rings (SSSR count). The lowest BCUT2D eigenvalue weighted by Gasteiger charge is -2.32. The predicted octanol–water partition coefficient (Wildman–Crippen LogP) is -3.75. The zero-order chi connectivity index (χ0) is 56.4. The van der Waals surface area contributed by atoms with Gasteiger partial charge in [0.05, 0.1) is 19.2 Å². The molecule has 420 valence electrons. The Bertz CT molecular complexity index is 1970. The number of carbonyl (C=O) groups is 11. The first kappa shape index (κ1) is 65.2. The molecule has 0 saturated carbocycles. The lowest BCUT2D eigenvalue weighted by molar-refractivity contribution is -0.142. The summed E-state index contributed by atoms with van der Waals surface area (Å²) < 4.78 is 0. The third-order valence-corrected chi connectivity index (χ3v) is 12.6. The summed E-state index contributed by atoms with van der Waals surface area (Å²) in [7, 11) is 1.41. The number of hydrogen-bond donors (Lipinski definition) is 13. The number of aliphatic hydroxyl groups is 1. The summed E-state index contributed by atoms with van der Waals surface area (Å²) in [6, 6.07) is -9.73. The number of nitrogens with two attached hydrogens (primary N) is 3. The van der Waals surface area contributed by atoms with Crippen LogP contribution in [0.2, 0.25) is 0 Å². The molecular weight excluding hydrogens is 967 g/mol. The number of amides is 12. The molecule has 1 aliphatic heterocycles. The molecule has 1 heterocycles. The van der Waals surface area contributed by atoms with Gasteiger partial charge in [0.25, 0.3) is 0 Å². The molecule has 0 aromatic rings. The number of hydrogen-bond acceptors (Lipinski definition) is 13. The van der Waals surface area contributed by atoms with Crippen LogP contribution in [0.1, 0.15) is 114 Å². The van der Waals surface area contributed by atoms with Crippen molar-refractivity contribution in [3.63, 3.8) is 0 Å². The number of urea groups is 1. The number of carbonyl (C=O) groups excluding carboxylic acids is 11. The van der Waals surface area contributed by atoms with Crippen molar-refractivity contribution < 1.29 is 57.8 Å². The summed E-state index contributed by atoms with van der Waals surface area (Å²) in [4.78, 5) is 152. The summed E-state index contributed by atoms with van der Waals surface area (Å²) in [6.45, 7) is 14.3. The Morgan fingerprint density at radius 2 is 1.19 bits per heavy atom. The number of likely N-dealkylation sites (N-methyl/N-ethyl adjacent to an activating group) is 2. The Morgan fingerprint density at radius 1 is 0.662 bits per heavy atom. The van der Waals surface area contributed by atoms with Gasteiger partial charge in [0.15, 0.2) is 5.96 Å². The van der Waals surface area contributed by atoms with Crippen LogP contribution in [0.15, 0.2) is 4.99 Å². The number of nitrogens with one attached hydrogen (secondary N) is 9. The second kappa shape index (κ2) is 33.1. The third kappa shape index (κ3) is 22.5. The summed E-state index contributed by atoms with van der Waals surface area (Å²) in [5.74, 6) is -8.64. The van der Waals surface area contributed by atoms with Gasteiger partial charge in [0, 0.05) is 40.2 Å². The second-order valence-corrected chi connectivity index (χ2v) is 19.0. The average Bonchev–Trinajstić information content (AvgIpc) is 3.83. The largest absolute Gasteiger partial charge is 0.391 e. The molecule has 0 bridgehead atoms. The zero-order valence-corrected chi connectivity index (χ0v) is 44.8. The topological polar surface area (TPSA) is 413 Å². The normalized spacial score (nSPS) is 16.7. The fourth-order valence-corrected chi connectivity index (χ4v) is 7.74. The SMILES string of the molecule is CCNC(=O)[C@@H]1CCCN1C(=O)[C@H](CCCN=C(N)N)NC(=O)[C@@H](NC(=O)[C@H](CCCNC(N)=O)NC(=O)[C@@H](NC(=O)[C@H](NC(=O)[C@@H](NC(=O)CNC(=O)CN(C)C(C)=O)C(C)C)[C@@H](C)CC)[C@@H](C)O)[C@@H](C)CC. The van der Waals surface area contributed by atoms with Crippen LogP contribution in [-0.4, -0.2) is 181 Å². The van der Waals surface area contributed by atoms with Crippen molar-refractivity contribution in [3.8, 4) is 0 Å². The van der Waals surface area contributed by atoms with Gasteiger partial charge in [-0.25, -0.2) is 4.79 Å². The number of rotatable bonds is 32. The molecule has 0 aromatic heterocycles. The van der Waals surface area contributed by atoms with E-state index >= 15 is 0 Å². The van der Waals surface area contributed by atoms with Crippen LogP contribution < -0.4 is 65.1 Å². The van der Waals surface area contributed by atoms with Gasteiger partial charge in [-0.15, -0.1) is 0 Å². The maximum Gasteiger partial charge on any atom is 0.312 e. The minimum atomic E-state index is -1.72. The quantitative estimate of drug-likeness (QED) is 0.0175. The highest BCUT2D eigenvalue weighted by atomic mass is 16.3. The monoisotopic (exact) mass is 1050 g/mol. The van der Waals surface area contributed by atoms with Crippen molar-refractivity contribution in [1.82, 2.24) is 57.7 Å². The lowest BCUT2D eigenvalue weighted by Crippen LogP contribution is -2.63. The number of aliphatic imine (C=N–C) groups is 1. The Morgan fingerprint density at radius 3 is 1.72 bits per heavy atom. The molecule has 0 radical (unpaired) electrons. The zero-order valence-electron chi connectivity index (χ0n) is 44.8. The second-order valence-electron chi connectivity index (χ2n) is 19.0. The van der Waals surface area contributed by atoms with Crippen molar-refractivity contribution >= 4 is 71.1 Å². The van der Waals surface area contributed by atoms with E-state index in [1.165, 1.54) is 25.8 Å². The van der Waals surface area contributed by atoms with Crippen LogP contribution in [0.4, 0.5) is 4.79 Å². The third-order valence-electron chi connectivity index (χ3n) is 12.6. The van der Waals surface area contributed by atoms with E-state index in [1.807, 2.05) is 0 Å². The number of aliphatic hydroxyl groups excluding tert-OH is 1. The summed E-state index contributed by atoms with van der Waals surface area (Å²) >= 11 is 0. The predicted molar refractivity (Wildman–Crippen MR) is 273 cm³/mol. The summed E-state index contributed by atoms with van der Waals surface area (Å²) in [5, 5.41) is 34.1. The van der Waals surface area contributed by atoms with E-state index in [-0.39, 0.29) is 69.6 Å². The first-order valence-corrected chi connectivity index (χ1v) is 25.3. The van der Waals surface area contributed by atoms with Crippen molar-refractivity contribution in [3.05, 3.63) is 0 Å². The van der Waals surface area contributed by atoms with Crippen LogP contribution >= 0.6 is 0 Å².